The van der Waals surface area contributed by atoms with Crippen LogP contribution in [0.2, 0.25) is 0 Å². The molecule has 0 N–H and O–H groups in total. The summed E-state index contributed by atoms with van der Waals surface area (Å²) in [5.41, 5.74) is 5.98. The Labute approximate surface area is 216 Å². The molecule has 4 aromatic carbocycles. The van der Waals surface area contributed by atoms with Gasteiger partial charge in [0, 0.05) is 22.7 Å². The predicted octanol–water partition coefficient (Wildman–Crippen LogP) is 8.14. The van der Waals surface area contributed by atoms with Gasteiger partial charge in [0.2, 0.25) is 5.72 Å². The van der Waals surface area contributed by atoms with Crippen molar-refractivity contribution in [3.8, 4) is 16.9 Å². The molecule has 0 aromatic heterocycles. The number of nitroso groups, excluding NO2 is 1. The van der Waals surface area contributed by atoms with Gasteiger partial charge < -0.3 is 9.64 Å². The molecular weight excluding hydrogens is 464 g/mol. The van der Waals surface area contributed by atoms with Crippen LogP contribution in [-0.4, -0.2) is 5.72 Å². The monoisotopic (exact) mass is 490 g/mol. The Hall–Kier alpha value is -3.83. The maximum absolute atomic E-state index is 11.2. The summed E-state index contributed by atoms with van der Waals surface area (Å²) in [5.74, 6) is 0.665. The quantitative estimate of drug-likeness (QED) is 0.232. The number of para-hydroxylation sites is 1. The van der Waals surface area contributed by atoms with Gasteiger partial charge in [0.15, 0.2) is 0 Å². The first kappa shape index (κ1) is 22.6. The van der Waals surface area contributed by atoms with E-state index in [1.54, 1.807) is 12.1 Å². The third-order valence-electron chi connectivity index (χ3n) is 7.50. The molecule has 178 valence electrons. The van der Waals surface area contributed by atoms with Gasteiger partial charge in [-0.3, -0.25) is 0 Å². The van der Waals surface area contributed by atoms with Gasteiger partial charge in [-0.25, -0.2) is 0 Å². The highest BCUT2D eigenvalue weighted by Crippen LogP contribution is 2.56. The zero-order valence-corrected chi connectivity index (χ0v) is 21.1. The normalized spacial score (nSPS) is 19.0. The van der Waals surface area contributed by atoms with E-state index in [9.17, 15) is 4.91 Å². The second kappa shape index (κ2) is 8.38. The number of rotatable bonds is 4. The molecule has 0 amide bonds. The van der Waals surface area contributed by atoms with E-state index in [1.807, 2.05) is 12.1 Å². The van der Waals surface area contributed by atoms with Crippen molar-refractivity contribution in [1.29, 1.82) is 0 Å². The molecule has 2 aliphatic rings. The van der Waals surface area contributed by atoms with Crippen LogP contribution in [0.4, 0.5) is 11.4 Å². The Kier molecular flexibility index (Phi) is 5.27. The number of anilines is 1. The van der Waals surface area contributed by atoms with Crippen LogP contribution in [0, 0.1) is 4.91 Å². The van der Waals surface area contributed by atoms with Crippen molar-refractivity contribution in [2.75, 3.05) is 4.90 Å². The predicted molar refractivity (Wildman–Crippen MR) is 149 cm³/mol. The number of ether oxygens (including phenoxy) is 1. The number of fused-ring (bicyclic) bond motifs is 2. The molecular formula is C31H26N2O2S. The molecule has 0 bridgehead atoms. The molecule has 0 saturated heterocycles. The molecule has 0 radical (unpaired) electrons. The van der Waals surface area contributed by atoms with Crippen molar-refractivity contribution in [1.82, 2.24) is 0 Å². The Morgan fingerprint density at radius 3 is 2.33 bits per heavy atom. The standard InChI is InChI=1S/C31H26N2O2S/c1-30(2)26-10-6-7-11-27(26)33(20-21-12-14-23(15-13-21)22-8-4-3-5-9-22)31(30)17-16-24-18-25(32-34)19-28(36)29(24)35-31/h3-19,36H,20H2,1-2H3. The van der Waals surface area contributed by atoms with E-state index in [2.05, 4.69) is 115 Å². The zero-order chi connectivity index (χ0) is 24.9. The first-order valence-electron chi connectivity index (χ1n) is 12.0. The van der Waals surface area contributed by atoms with Crippen LogP contribution in [0.1, 0.15) is 30.5 Å². The lowest BCUT2D eigenvalue weighted by molar-refractivity contribution is 0.0493. The van der Waals surface area contributed by atoms with Crippen LogP contribution in [0.25, 0.3) is 17.2 Å². The van der Waals surface area contributed by atoms with Gasteiger partial charge in [0.05, 0.1) is 5.41 Å². The smallest absolute Gasteiger partial charge is 0.212 e. The first-order chi connectivity index (χ1) is 17.4. The van der Waals surface area contributed by atoms with Gasteiger partial charge in [0.1, 0.15) is 11.4 Å². The highest BCUT2D eigenvalue weighted by molar-refractivity contribution is 7.80. The van der Waals surface area contributed by atoms with Crippen molar-refractivity contribution in [2.45, 2.75) is 36.4 Å². The third kappa shape index (κ3) is 3.38. The molecule has 0 aliphatic carbocycles. The fourth-order valence-corrected chi connectivity index (χ4v) is 5.85. The van der Waals surface area contributed by atoms with E-state index in [-0.39, 0.29) is 5.41 Å². The molecule has 1 atom stereocenters. The topological polar surface area (TPSA) is 41.9 Å². The summed E-state index contributed by atoms with van der Waals surface area (Å²) in [7, 11) is 0. The fraction of sp³-hybridized carbons (Fsp3) is 0.161. The van der Waals surface area contributed by atoms with Crippen molar-refractivity contribution in [3.05, 3.63) is 119 Å². The lowest BCUT2D eigenvalue weighted by atomic mass is 9.76. The molecule has 0 saturated carbocycles. The third-order valence-corrected chi connectivity index (χ3v) is 7.83. The summed E-state index contributed by atoms with van der Waals surface area (Å²) in [4.78, 5) is 14.1. The van der Waals surface area contributed by atoms with Gasteiger partial charge in [0.25, 0.3) is 0 Å². The maximum atomic E-state index is 11.2. The van der Waals surface area contributed by atoms with Gasteiger partial charge in [-0.1, -0.05) is 72.8 Å². The highest BCUT2D eigenvalue weighted by Gasteiger charge is 2.58. The first-order valence-corrected chi connectivity index (χ1v) is 12.5. The average molecular weight is 491 g/mol. The average Bonchev–Trinajstić information content (AvgIpc) is 3.08. The molecule has 4 nitrogen and oxygen atoms in total. The van der Waals surface area contributed by atoms with Crippen molar-refractivity contribution in [3.63, 3.8) is 0 Å². The van der Waals surface area contributed by atoms with E-state index < -0.39 is 5.72 Å². The lowest BCUT2D eigenvalue weighted by Gasteiger charge is -2.47. The van der Waals surface area contributed by atoms with Gasteiger partial charge in [-0.05, 0) is 71.6 Å². The molecule has 2 heterocycles. The van der Waals surface area contributed by atoms with Crippen molar-refractivity contribution in [2.24, 2.45) is 5.18 Å². The Morgan fingerprint density at radius 1 is 0.889 bits per heavy atom. The number of thiol groups is 1. The molecule has 4 aromatic rings. The van der Waals surface area contributed by atoms with Crippen LogP contribution in [-0.2, 0) is 12.0 Å². The minimum atomic E-state index is -0.768. The number of nitrogens with zero attached hydrogens (tertiary/aromatic N) is 2. The van der Waals surface area contributed by atoms with Crippen LogP contribution in [0.3, 0.4) is 0 Å². The molecule has 1 unspecified atom stereocenters. The van der Waals surface area contributed by atoms with Gasteiger partial charge in [-0.2, -0.15) is 0 Å². The van der Waals surface area contributed by atoms with Gasteiger partial charge >= 0.3 is 0 Å². The maximum Gasteiger partial charge on any atom is 0.212 e. The summed E-state index contributed by atoms with van der Waals surface area (Å²) in [6.45, 7) is 5.11. The zero-order valence-electron chi connectivity index (χ0n) is 20.2. The molecule has 36 heavy (non-hydrogen) atoms. The summed E-state index contributed by atoms with van der Waals surface area (Å²) in [6, 6.07) is 31.1. The number of hydrogen-bond donors (Lipinski definition) is 1. The minimum Gasteiger partial charge on any atom is -0.462 e. The van der Waals surface area contributed by atoms with Gasteiger partial charge in [-0.15, -0.1) is 17.5 Å². The van der Waals surface area contributed by atoms with Crippen molar-refractivity contribution >= 4 is 30.1 Å². The molecule has 2 aliphatic heterocycles. The van der Waals surface area contributed by atoms with Crippen LogP contribution in [0.5, 0.6) is 5.75 Å². The van der Waals surface area contributed by atoms with E-state index >= 15 is 0 Å². The number of benzene rings is 4. The molecule has 1 spiro atoms. The Balaban J connectivity index is 1.43. The second-order valence-electron chi connectivity index (χ2n) is 9.90. The Morgan fingerprint density at radius 2 is 1.58 bits per heavy atom. The van der Waals surface area contributed by atoms with Crippen molar-refractivity contribution < 1.29 is 4.74 Å². The van der Waals surface area contributed by atoms with Crippen LogP contribution >= 0.6 is 12.6 Å². The van der Waals surface area contributed by atoms with E-state index in [0.29, 0.717) is 22.9 Å². The summed E-state index contributed by atoms with van der Waals surface area (Å²) in [6.07, 6.45) is 4.15. The minimum absolute atomic E-state index is 0.340. The number of hydrogen-bond acceptors (Lipinski definition) is 5. The van der Waals surface area contributed by atoms with E-state index in [0.717, 1.165) is 11.3 Å². The molecule has 0 fully saturated rings. The SMILES string of the molecule is CC1(C)c2ccccc2N(Cc2ccc(-c3ccccc3)cc2)C12C=Cc1cc(N=O)cc(S)c1O2. The second-order valence-corrected chi connectivity index (χ2v) is 10.4. The fourth-order valence-electron chi connectivity index (χ4n) is 5.55. The van der Waals surface area contributed by atoms with E-state index in [4.69, 9.17) is 4.74 Å². The Bertz CT molecular complexity index is 1500. The summed E-state index contributed by atoms with van der Waals surface area (Å²) in [5, 5.41) is 3.09. The summed E-state index contributed by atoms with van der Waals surface area (Å²) >= 11 is 4.65. The lowest BCUT2D eigenvalue weighted by Crippen LogP contribution is -2.59. The molecule has 5 heteroatoms. The van der Waals surface area contributed by atoms with E-state index in [1.165, 1.54) is 22.3 Å². The van der Waals surface area contributed by atoms with Crippen LogP contribution in [0.15, 0.2) is 107 Å². The van der Waals surface area contributed by atoms with Crippen LogP contribution < -0.4 is 9.64 Å². The highest BCUT2D eigenvalue weighted by atomic mass is 32.1. The molecule has 6 rings (SSSR count). The summed E-state index contributed by atoms with van der Waals surface area (Å²) < 4.78 is 6.91. The largest absolute Gasteiger partial charge is 0.462 e.